The van der Waals surface area contributed by atoms with Crippen LogP contribution in [-0.4, -0.2) is 23.3 Å². The normalized spacial score (nSPS) is 18.2. The second-order valence-electron chi connectivity index (χ2n) is 3.40. The molecular formula is C10H8O5S2. The van der Waals surface area contributed by atoms with Crippen LogP contribution in [0.15, 0.2) is 29.2 Å². The highest BCUT2D eigenvalue weighted by Crippen LogP contribution is 2.29. The summed E-state index contributed by atoms with van der Waals surface area (Å²) in [7, 11) is 0. The van der Waals surface area contributed by atoms with Crippen LogP contribution in [0.5, 0.6) is 0 Å². The number of carbonyl (C=O) groups is 1. The molecule has 2 rings (SSSR count). The minimum Gasteiger partial charge on any atom is -0.302 e. The Morgan fingerprint density at radius 1 is 1.06 bits per heavy atom. The Morgan fingerprint density at radius 3 is 2.35 bits per heavy atom. The summed E-state index contributed by atoms with van der Waals surface area (Å²) < 4.78 is 40.1. The number of ketones is 1. The average Bonchev–Trinajstić information content (AvgIpc) is 2.28. The van der Waals surface area contributed by atoms with Gasteiger partial charge in [-0.3, -0.25) is 4.79 Å². The van der Waals surface area contributed by atoms with Crippen LogP contribution in [0.25, 0.3) is 4.91 Å². The number of hydrogen-bond donors (Lipinski definition) is 2. The second-order valence-corrected chi connectivity index (χ2v) is 5.31. The summed E-state index contributed by atoms with van der Waals surface area (Å²) in [6.45, 7) is 0. The molecule has 90 valence electrons. The van der Waals surface area contributed by atoms with Gasteiger partial charge in [0, 0.05) is 17.5 Å². The summed E-state index contributed by atoms with van der Waals surface area (Å²) in [5.41, 5.74) is 0.557. The Balaban J connectivity index is 2.65. The molecule has 0 aliphatic heterocycles. The van der Waals surface area contributed by atoms with Crippen LogP contribution < -0.4 is 0 Å². The molecule has 0 saturated carbocycles. The van der Waals surface area contributed by atoms with E-state index in [2.05, 4.69) is 0 Å². The van der Waals surface area contributed by atoms with Gasteiger partial charge in [-0.1, -0.05) is 6.08 Å². The van der Waals surface area contributed by atoms with Gasteiger partial charge in [0.1, 0.15) is 0 Å². The van der Waals surface area contributed by atoms with E-state index in [1.165, 1.54) is 24.3 Å². The van der Waals surface area contributed by atoms with Gasteiger partial charge in [-0.15, -0.1) is 0 Å². The summed E-state index contributed by atoms with van der Waals surface area (Å²) in [5.74, 6) is -0.176. The quantitative estimate of drug-likeness (QED) is 0.794. The number of benzene rings is 1. The summed E-state index contributed by atoms with van der Waals surface area (Å²) in [5, 5.41) is 0. The highest BCUT2D eigenvalue weighted by molar-refractivity contribution is 7.89. The molecular weight excluding hydrogens is 264 g/mol. The molecule has 5 nitrogen and oxygen atoms in total. The molecule has 1 aromatic carbocycles. The molecule has 1 aromatic rings. The van der Waals surface area contributed by atoms with Crippen LogP contribution in [0, 0.1) is 0 Å². The fraction of sp³-hybridized carbons (Fsp3) is 0.100. The van der Waals surface area contributed by atoms with Gasteiger partial charge in [0.25, 0.3) is 0 Å². The smallest absolute Gasteiger partial charge is 0.186 e. The first-order chi connectivity index (χ1) is 8.00. The minimum absolute atomic E-state index is 0.0657. The van der Waals surface area contributed by atoms with Crippen molar-refractivity contribution in [2.24, 2.45) is 0 Å². The third-order valence-electron chi connectivity index (χ3n) is 2.42. The zero-order valence-electron chi connectivity index (χ0n) is 8.45. The number of Topliss-reactive ketones (excluding diaryl/α,β-unsaturated/α-hetero) is 1. The fourth-order valence-electron chi connectivity index (χ4n) is 1.65. The van der Waals surface area contributed by atoms with Crippen LogP contribution in [0.2, 0.25) is 0 Å². The van der Waals surface area contributed by atoms with Crippen LogP contribution in [-0.2, 0) is 22.2 Å². The fourth-order valence-corrected chi connectivity index (χ4v) is 2.64. The molecule has 7 heteroatoms. The van der Waals surface area contributed by atoms with Gasteiger partial charge in [-0.25, -0.2) is 8.42 Å². The third-order valence-corrected chi connectivity index (χ3v) is 3.84. The SMILES string of the molecule is O=C1CC=C(S(=O)O)c2cc(S(=O)O)ccc21. The van der Waals surface area contributed by atoms with Crippen molar-refractivity contribution in [1.29, 1.82) is 0 Å². The van der Waals surface area contributed by atoms with Crippen molar-refractivity contribution in [3.05, 3.63) is 35.4 Å². The lowest BCUT2D eigenvalue weighted by atomic mass is 9.96. The first-order valence-electron chi connectivity index (χ1n) is 4.60. The molecule has 0 spiro atoms. The zero-order chi connectivity index (χ0) is 12.6. The highest BCUT2D eigenvalue weighted by Gasteiger charge is 2.23. The lowest BCUT2D eigenvalue weighted by Crippen LogP contribution is -2.10. The summed E-state index contributed by atoms with van der Waals surface area (Å²) in [4.78, 5) is 11.8. The van der Waals surface area contributed by atoms with E-state index in [1.54, 1.807) is 0 Å². The van der Waals surface area contributed by atoms with Crippen LogP contribution in [0.3, 0.4) is 0 Å². The predicted octanol–water partition coefficient (Wildman–Crippen LogP) is 1.42. The first-order valence-corrected chi connectivity index (χ1v) is 6.81. The van der Waals surface area contributed by atoms with Crippen molar-refractivity contribution < 1.29 is 22.3 Å². The molecule has 2 atom stereocenters. The van der Waals surface area contributed by atoms with Gasteiger partial charge in [0.2, 0.25) is 0 Å². The summed E-state index contributed by atoms with van der Waals surface area (Å²) in [6.07, 6.45) is 1.43. The maximum atomic E-state index is 11.6. The van der Waals surface area contributed by atoms with Crippen molar-refractivity contribution in [2.45, 2.75) is 11.3 Å². The van der Waals surface area contributed by atoms with Crippen LogP contribution in [0.4, 0.5) is 0 Å². The molecule has 0 saturated heterocycles. The Bertz CT molecular complexity index is 576. The van der Waals surface area contributed by atoms with Gasteiger partial charge < -0.3 is 9.11 Å². The molecule has 0 heterocycles. The van der Waals surface area contributed by atoms with E-state index in [0.29, 0.717) is 5.56 Å². The number of hydrogen-bond acceptors (Lipinski definition) is 3. The van der Waals surface area contributed by atoms with E-state index in [9.17, 15) is 13.2 Å². The number of allylic oxidation sites excluding steroid dienone is 1. The summed E-state index contributed by atoms with van der Waals surface area (Å²) in [6, 6.07) is 4.06. The molecule has 2 unspecified atom stereocenters. The molecule has 1 aliphatic carbocycles. The van der Waals surface area contributed by atoms with Crippen molar-refractivity contribution in [2.75, 3.05) is 0 Å². The van der Waals surface area contributed by atoms with E-state index >= 15 is 0 Å². The molecule has 1 aliphatic rings. The topological polar surface area (TPSA) is 91.7 Å². The molecule has 0 fully saturated rings. The third kappa shape index (κ3) is 2.27. The van der Waals surface area contributed by atoms with Crippen molar-refractivity contribution in [3.8, 4) is 0 Å². The highest BCUT2D eigenvalue weighted by atomic mass is 32.2. The lowest BCUT2D eigenvalue weighted by Gasteiger charge is -2.14. The standard InChI is InChI=1S/C10H8O5S2/c11-9-3-4-10(17(14)15)8-5-6(16(12)13)1-2-7(8)9/h1-2,4-5H,3H2,(H,12,13)(H,14,15). The molecule has 17 heavy (non-hydrogen) atoms. The van der Waals surface area contributed by atoms with Gasteiger partial charge in [-0.05, 0) is 18.2 Å². The minimum atomic E-state index is -2.22. The molecule has 0 bridgehead atoms. The molecule has 0 amide bonds. The number of fused-ring (bicyclic) bond motifs is 1. The van der Waals surface area contributed by atoms with Gasteiger partial charge in [0.15, 0.2) is 27.9 Å². The lowest BCUT2D eigenvalue weighted by molar-refractivity contribution is 0.0994. The second kappa shape index (κ2) is 4.61. The van der Waals surface area contributed by atoms with E-state index in [4.69, 9.17) is 9.11 Å². The molecule has 0 aromatic heterocycles. The van der Waals surface area contributed by atoms with Crippen molar-refractivity contribution >= 4 is 32.8 Å². The Kier molecular flexibility index (Phi) is 3.34. The Labute approximate surface area is 102 Å². The zero-order valence-corrected chi connectivity index (χ0v) is 10.1. The van der Waals surface area contributed by atoms with E-state index in [0.717, 1.165) is 0 Å². The monoisotopic (exact) mass is 272 g/mol. The van der Waals surface area contributed by atoms with Crippen molar-refractivity contribution in [1.82, 2.24) is 0 Å². The maximum absolute atomic E-state index is 11.6. The summed E-state index contributed by atoms with van der Waals surface area (Å²) >= 11 is -4.41. The maximum Gasteiger partial charge on any atom is 0.186 e. The van der Waals surface area contributed by atoms with Gasteiger partial charge in [0.05, 0.1) is 9.80 Å². The molecule has 2 N–H and O–H groups in total. The number of rotatable bonds is 2. The number of carbonyl (C=O) groups excluding carboxylic acids is 1. The first kappa shape index (κ1) is 12.3. The predicted molar refractivity (Wildman–Crippen MR) is 63.2 cm³/mol. The van der Waals surface area contributed by atoms with Crippen molar-refractivity contribution in [3.63, 3.8) is 0 Å². The Hall–Kier alpha value is -1.15. The van der Waals surface area contributed by atoms with Crippen LogP contribution >= 0.6 is 0 Å². The van der Waals surface area contributed by atoms with Gasteiger partial charge in [-0.2, -0.15) is 0 Å². The van der Waals surface area contributed by atoms with E-state index in [-0.39, 0.29) is 27.6 Å². The molecule has 0 radical (unpaired) electrons. The van der Waals surface area contributed by atoms with E-state index in [1.807, 2.05) is 0 Å². The van der Waals surface area contributed by atoms with E-state index < -0.39 is 22.2 Å². The average molecular weight is 272 g/mol. The largest absolute Gasteiger partial charge is 0.302 e. The Morgan fingerprint density at radius 2 is 1.76 bits per heavy atom. The van der Waals surface area contributed by atoms with Gasteiger partial charge >= 0.3 is 0 Å². The van der Waals surface area contributed by atoms with Crippen LogP contribution in [0.1, 0.15) is 22.3 Å².